The molecule has 2 saturated heterocycles. The van der Waals surface area contributed by atoms with Gasteiger partial charge in [0.2, 0.25) is 0 Å². The van der Waals surface area contributed by atoms with E-state index in [2.05, 4.69) is 9.97 Å². The summed E-state index contributed by atoms with van der Waals surface area (Å²) < 4.78 is 17.2. The Kier molecular flexibility index (Phi) is 10.9. The molecule has 11 nitrogen and oxygen atoms in total. The van der Waals surface area contributed by atoms with Gasteiger partial charge >= 0.3 is 18.2 Å². The lowest BCUT2D eigenvalue weighted by Gasteiger charge is -2.28. The molecule has 3 aliphatic heterocycles. The first kappa shape index (κ1) is 38.6. The van der Waals surface area contributed by atoms with E-state index in [0.717, 1.165) is 76.3 Å². The third-order valence-corrected chi connectivity index (χ3v) is 10.1. The number of amides is 2. The maximum atomic E-state index is 13.9. The summed E-state index contributed by atoms with van der Waals surface area (Å²) in [4.78, 5) is 56.2. The molecule has 0 unspecified atom stereocenters. The molecule has 3 aliphatic rings. The van der Waals surface area contributed by atoms with Crippen molar-refractivity contribution in [3.05, 3.63) is 108 Å². The molecular formula is C45H51N5O6. The molecule has 0 saturated carbocycles. The molecule has 2 atom stereocenters. The Bertz CT molecular complexity index is 2140. The fraction of sp³-hybridized carbons (Fsp3) is 0.400. The number of aromatic nitrogens is 2. The fourth-order valence-electron chi connectivity index (χ4n) is 7.52. The van der Waals surface area contributed by atoms with E-state index < -0.39 is 17.2 Å². The summed E-state index contributed by atoms with van der Waals surface area (Å²) in [6.45, 7) is 12.6. The number of benzene rings is 3. The van der Waals surface area contributed by atoms with Crippen LogP contribution in [0, 0.1) is 0 Å². The quantitative estimate of drug-likeness (QED) is 0.140. The number of hydrogen-bond donors (Lipinski definition) is 1. The van der Waals surface area contributed by atoms with E-state index in [-0.39, 0.29) is 30.9 Å². The number of aromatic amines is 1. The van der Waals surface area contributed by atoms with Crippen LogP contribution in [0.2, 0.25) is 0 Å². The lowest BCUT2D eigenvalue weighted by atomic mass is 9.92. The lowest BCUT2D eigenvalue weighted by Crippen LogP contribution is -2.43. The van der Waals surface area contributed by atoms with Crippen molar-refractivity contribution in [3.8, 4) is 22.4 Å². The van der Waals surface area contributed by atoms with Crippen molar-refractivity contribution in [1.29, 1.82) is 0 Å². The van der Waals surface area contributed by atoms with Crippen LogP contribution in [0.4, 0.5) is 9.59 Å². The molecule has 292 valence electrons. The summed E-state index contributed by atoms with van der Waals surface area (Å²) in [5.74, 6) is 0.302. The summed E-state index contributed by atoms with van der Waals surface area (Å²) in [5.41, 5.74) is 6.31. The summed E-state index contributed by atoms with van der Waals surface area (Å²) in [6, 6.07) is 23.2. The van der Waals surface area contributed by atoms with E-state index in [1.807, 2.05) is 121 Å². The molecule has 56 heavy (non-hydrogen) atoms. The van der Waals surface area contributed by atoms with E-state index in [1.54, 1.807) is 16.0 Å². The number of aliphatic imine (C=N–C) groups is 1. The normalized spacial score (nSPS) is 18.5. The molecule has 2 amide bonds. The molecule has 0 aliphatic carbocycles. The number of carbonyl (C=O) groups excluding carboxylic acids is 3. The maximum absolute atomic E-state index is 13.9. The molecule has 4 aromatic rings. The van der Waals surface area contributed by atoms with Crippen LogP contribution in [0.3, 0.4) is 0 Å². The minimum absolute atomic E-state index is 0.125. The number of imidazole rings is 1. The van der Waals surface area contributed by atoms with Crippen LogP contribution in [0.1, 0.15) is 107 Å². The molecule has 1 N–H and O–H groups in total. The zero-order valence-electron chi connectivity index (χ0n) is 33.1. The average Bonchev–Trinajstić information content (AvgIpc) is 3.99. The average molecular weight is 758 g/mol. The van der Waals surface area contributed by atoms with E-state index in [9.17, 15) is 14.4 Å². The molecule has 3 aromatic carbocycles. The third kappa shape index (κ3) is 8.88. The van der Waals surface area contributed by atoms with Crippen LogP contribution in [0.25, 0.3) is 28.0 Å². The van der Waals surface area contributed by atoms with Gasteiger partial charge in [-0.05, 0) is 107 Å². The SMILES string of the molecule is CC(C)(C)OC(=O)N1CCC[C@H]1C1=NC=C(c2ccc(-c3ccc(-c4cnc([C@@H]5CCCN5C(=O)OC(C)(C)C)[nH]4)cc3)c(C(=O)OCc3ccccc3)c2)C1. The first-order valence-corrected chi connectivity index (χ1v) is 19.5. The minimum atomic E-state index is -0.580. The largest absolute Gasteiger partial charge is 0.457 e. The van der Waals surface area contributed by atoms with E-state index in [1.165, 1.54) is 0 Å². The molecule has 0 spiro atoms. The van der Waals surface area contributed by atoms with Crippen LogP contribution in [-0.2, 0) is 20.8 Å². The van der Waals surface area contributed by atoms with Gasteiger partial charge in [-0.15, -0.1) is 0 Å². The second-order valence-corrected chi connectivity index (χ2v) is 16.7. The highest BCUT2D eigenvalue weighted by molar-refractivity contribution is 6.04. The van der Waals surface area contributed by atoms with E-state index >= 15 is 0 Å². The van der Waals surface area contributed by atoms with Crippen molar-refractivity contribution in [2.24, 2.45) is 4.99 Å². The Morgan fingerprint density at radius 1 is 0.768 bits per heavy atom. The summed E-state index contributed by atoms with van der Waals surface area (Å²) in [7, 11) is 0. The van der Waals surface area contributed by atoms with Crippen molar-refractivity contribution in [3.63, 3.8) is 0 Å². The second kappa shape index (κ2) is 15.8. The molecular weight excluding hydrogens is 707 g/mol. The second-order valence-electron chi connectivity index (χ2n) is 16.7. The molecule has 7 rings (SSSR count). The number of rotatable bonds is 8. The summed E-state index contributed by atoms with van der Waals surface area (Å²) in [6.07, 6.45) is 6.96. The Balaban J connectivity index is 1.10. The first-order valence-electron chi connectivity index (χ1n) is 19.5. The number of carbonyl (C=O) groups is 3. The number of esters is 1. The van der Waals surface area contributed by atoms with Crippen LogP contribution >= 0.6 is 0 Å². The zero-order chi connectivity index (χ0) is 39.6. The van der Waals surface area contributed by atoms with Gasteiger partial charge in [0, 0.05) is 31.4 Å². The van der Waals surface area contributed by atoms with E-state index in [4.69, 9.17) is 19.2 Å². The Morgan fingerprint density at radius 3 is 2.04 bits per heavy atom. The number of likely N-dealkylation sites (tertiary alicyclic amines) is 2. The number of allylic oxidation sites excluding steroid dienone is 1. The van der Waals surface area contributed by atoms with Crippen molar-refractivity contribution < 1.29 is 28.6 Å². The lowest BCUT2D eigenvalue weighted by molar-refractivity contribution is 0.0216. The van der Waals surface area contributed by atoms with Crippen molar-refractivity contribution >= 4 is 29.4 Å². The van der Waals surface area contributed by atoms with Gasteiger partial charge in [-0.2, -0.15) is 0 Å². The molecule has 1 aromatic heterocycles. The van der Waals surface area contributed by atoms with Crippen LogP contribution in [0.15, 0.2) is 90.2 Å². The number of nitrogens with zero attached hydrogens (tertiary/aromatic N) is 4. The van der Waals surface area contributed by atoms with Crippen LogP contribution in [-0.4, -0.2) is 74.0 Å². The standard InChI is InChI=1S/C45H51N5O6/c1-44(2,3)55-42(52)49-22-10-14-38(49)36-25-33(26-46-36)32-20-21-34(35(24-32)41(51)54-28-29-12-8-7-9-13-29)30-16-18-31(19-17-30)37-27-47-40(48-37)39-15-11-23-50(39)43(53)56-45(4,5)6/h7-9,12-13,16-21,24,26-27,38-39H,10-11,14-15,22-23,25,28H2,1-6H3,(H,47,48)/t38-,39-/m0/s1. The maximum Gasteiger partial charge on any atom is 0.410 e. The smallest absolute Gasteiger partial charge is 0.410 e. The van der Waals surface area contributed by atoms with Crippen molar-refractivity contribution in [2.45, 2.75) is 104 Å². The number of nitrogens with one attached hydrogen (secondary N) is 1. The molecule has 0 bridgehead atoms. The highest BCUT2D eigenvalue weighted by Crippen LogP contribution is 2.36. The predicted molar refractivity (Wildman–Crippen MR) is 216 cm³/mol. The van der Waals surface area contributed by atoms with Crippen molar-refractivity contribution in [1.82, 2.24) is 19.8 Å². The Labute approximate surface area is 328 Å². The third-order valence-electron chi connectivity index (χ3n) is 10.1. The zero-order valence-corrected chi connectivity index (χ0v) is 33.1. The summed E-state index contributed by atoms with van der Waals surface area (Å²) >= 11 is 0. The fourth-order valence-corrected chi connectivity index (χ4v) is 7.52. The number of hydrogen-bond acceptors (Lipinski definition) is 8. The number of H-pyrrole nitrogens is 1. The van der Waals surface area contributed by atoms with Crippen LogP contribution in [0.5, 0.6) is 0 Å². The monoisotopic (exact) mass is 757 g/mol. The summed E-state index contributed by atoms with van der Waals surface area (Å²) in [5, 5.41) is 0. The van der Waals surface area contributed by atoms with Gasteiger partial charge in [-0.25, -0.2) is 19.4 Å². The van der Waals surface area contributed by atoms with Crippen molar-refractivity contribution in [2.75, 3.05) is 13.1 Å². The molecule has 11 heteroatoms. The van der Waals surface area contributed by atoms with Gasteiger partial charge in [-0.3, -0.25) is 14.8 Å². The number of ether oxygens (including phenoxy) is 3. The van der Waals surface area contributed by atoms with Gasteiger partial charge in [-0.1, -0.05) is 66.7 Å². The molecule has 4 heterocycles. The Hall–Kier alpha value is -5.71. The van der Waals surface area contributed by atoms with E-state index in [0.29, 0.717) is 25.1 Å². The first-order chi connectivity index (χ1) is 26.7. The van der Waals surface area contributed by atoms with Gasteiger partial charge in [0.05, 0.1) is 29.5 Å². The van der Waals surface area contributed by atoms with Gasteiger partial charge in [0.15, 0.2) is 0 Å². The molecule has 2 fully saturated rings. The Morgan fingerprint density at radius 2 is 1.38 bits per heavy atom. The van der Waals surface area contributed by atoms with Gasteiger partial charge < -0.3 is 19.2 Å². The van der Waals surface area contributed by atoms with Gasteiger partial charge in [0.1, 0.15) is 23.6 Å². The van der Waals surface area contributed by atoms with Gasteiger partial charge in [0.25, 0.3) is 0 Å². The highest BCUT2D eigenvalue weighted by atomic mass is 16.6. The topological polar surface area (TPSA) is 126 Å². The highest BCUT2D eigenvalue weighted by Gasteiger charge is 2.37. The molecule has 0 radical (unpaired) electrons. The van der Waals surface area contributed by atoms with Crippen LogP contribution < -0.4 is 0 Å². The predicted octanol–water partition coefficient (Wildman–Crippen LogP) is 9.76. The minimum Gasteiger partial charge on any atom is -0.457 e.